The lowest BCUT2D eigenvalue weighted by Crippen LogP contribution is -2.30. The minimum absolute atomic E-state index is 0.0273. The molecule has 6 rings (SSSR count). The minimum Gasteiger partial charge on any atom is -0.310 e. The van der Waals surface area contributed by atoms with E-state index in [1.54, 1.807) is 0 Å². The molecule has 0 aromatic heterocycles. The Morgan fingerprint density at radius 1 is 0.920 bits per heavy atom. The number of anilines is 2. The van der Waals surface area contributed by atoms with E-state index in [0.29, 0.717) is 11.8 Å². The third kappa shape index (κ3) is 6.95. The van der Waals surface area contributed by atoms with Gasteiger partial charge >= 0.3 is 0 Å². The topological polar surface area (TPSA) is 15.6 Å². The van der Waals surface area contributed by atoms with E-state index in [0.717, 1.165) is 19.3 Å². The van der Waals surface area contributed by atoms with Crippen LogP contribution >= 0.6 is 0 Å². The summed E-state index contributed by atoms with van der Waals surface area (Å²) in [7, 11) is 0. The van der Waals surface area contributed by atoms with Crippen molar-refractivity contribution in [1.29, 1.82) is 0 Å². The fourth-order valence-corrected chi connectivity index (χ4v) is 8.55. The lowest BCUT2D eigenvalue weighted by Gasteiger charge is -2.37. The second-order valence-electron chi connectivity index (χ2n) is 15.8. The molecule has 0 fully saturated rings. The van der Waals surface area contributed by atoms with Crippen molar-refractivity contribution in [2.24, 2.45) is 22.2 Å². The predicted molar refractivity (Wildman–Crippen MR) is 216 cm³/mol. The van der Waals surface area contributed by atoms with Crippen molar-refractivity contribution in [1.82, 2.24) is 0 Å². The molecule has 2 aliphatic carbocycles. The van der Waals surface area contributed by atoms with Crippen LogP contribution in [0.15, 0.2) is 154 Å². The van der Waals surface area contributed by atoms with E-state index in [1.165, 1.54) is 61.8 Å². The average Bonchev–Trinajstić information content (AvgIpc) is 3.61. The number of hydrogen-bond donors (Lipinski definition) is 0. The zero-order chi connectivity index (χ0) is 35.6. The van der Waals surface area contributed by atoms with Crippen molar-refractivity contribution in [2.45, 2.75) is 93.0 Å². The summed E-state index contributed by atoms with van der Waals surface area (Å²) in [4.78, 5) is 7.75. The Morgan fingerprint density at radius 2 is 1.58 bits per heavy atom. The molecule has 0 spiro atoms. The first-order valence-electron chi connectivity index (χ1n) is 18.6. The van der Waals surface area contributed by atoms with Gasteiger partial charge < -0.3 is 4.90 Å². The van der Waals surface area contributed by atoms with E-state index in [2.05, 4.69) is 189 Å². The molecule has 2 heteroatoms. The fraction of sp³-hybridized carbons (Fsp3) is 0.354. The molecule has 1 aliphatic heterocycles. The molecular formula is C48H56N2. The quantitative estimate of drug-likeness (QED) is 0.198. The summed E-state index contributed by atoms with van der Waals surface area (Å²) < 4.78 is 0. The molecule has 0 bridgehead atoms. The van der Waals surface area contributed by atoms with Crippen LogP contribution in [-0.2, 0) is 5.41 Å². The number of rotatable bonds is 10. The van der Waals surface area contributed by atoms with Crippen molar-refractivity contribution < 1.29 is 0 Å². The Kier molecular flexibility index (Phi) is 10.2. The molecule has 0 N–H and O–H groups in total. The molecule has 0 radical (unpaired) electrons. The van der Waals surface area contributed by atoms with Crippen LogP contribution in [0.3, 0.4) is 0 Å². The first-order valence-corrected chi connectivity index (χ1v) is 18.6. The molecule has 0 amide bonds. The van der Waals surface area contributed by atoms with Gasteiger partial charge in [-0.05, 0) is 118 Å². The SMILES string of the molecule is C/C=C(/C)C(C/C=C1\CCC(/C=C/C2=NC3C=CC(C)=CC3C2(C)C)=C1N(c1ccccc1)c1ccccc1)C(C)(C)c1cc(C)ccc1C. The smallest absolute Gasteiger partial charge is 0.0758 e. The normalized spacial score (nSPS) is 21.9. The van der Waals surface area contributed by atoms with E-state index in [4.69, 9.17) is 4.99 Å². The highest BCUT2D eigenvalue weighted by Crippen LogP contribution is 2.46. The summed E-state index contributed by atoms with van der Waals surface area (Å²) in [6.07, 6.45) is 19.6. The monoisotopic (exact) mass is 660 g/mol. The van der Waals surface area contributed by atoms with Gasteiger partial charge in [-0.1, -0.05) is 135 Å². The summed E-state index contributed by atoms with van der Waals surface area (Å²) >= 11 is 0. The molecule has 0 saturated heterocycles. The van der Waals surface area contributed by atoms with Crippen molar-refractivity contribution in [2.75, 3.05) is 4.90 Å². The van der Waals surface area contributed by atoms with Crippen LogP contribution in [-0.4, -0.2) is 11.8 Å². The van der Waals surface area contributed by atoms with Crippen molar-refractivity contribution in [3.05, 3.63) is 166 Å². The third-order valence-electron chi connectivity index (χ3n) is 11.7. The molecule has 3 aliphatic rings. The molecule has 3 atom stereocenters. The zero-order valence-electron chi connectivity index (χ0n) is 31.8. The summed E-state index contributed by atoms with van der Waals surface area (Å²) in [6, 6.07) is 28.9. The van der Waals surface area contributed by atoms with Gasteiger partial charge in [0.1, 0.15) is 0 Å². The van der Waals surface area contributed by atoms with E-state index in [-0.39, 0.29) is 16.9 Å². The highest BCUT2D eigenvalue weighted by atomic mass is 15.2. The van der Waals surface area contributed by atoms with Crippen LogP contribution in [0.4, 0.5) is 11.4 Å². The maximum absolute atomic E-state index is 5.26. The van der Waals surface area contributed by atoms with Gasteiger partial charge in [0.05, 0.1) is 11.7 Å². The van der Waals surface area contributed by atoms with E-state index in [1.807, 2.05) is 0 Å². The fourth-order valence-electron chi connectivity index (χ4n) is 8.55. The second-order valence-corrected chi connectivity index (χ2v) is 15.8. The van der Waals surface area contributed by atoms with E-state index in [9.17, 15) is 0 Å². The lowest BCUT2D eigenvalue weighted by atomic mass is 9.67. The number of para-hydroxylation sites is 2. The Bertz CT molecular complexity index is 1880. The molecule has 3 unspecified atom stereocenters. The van der Waals surface area contributed by atoms with Crippen molar-refractivity contribution in [3.8, 4) is 0 Å². The number of hydrogen-bond acceptors (Lipinski definition) is 2. The van der Waals surface area contributed by atoms with E-state index < -0.39 is 0 Å². The second kappa shape index (κ2) is 14.4. The van der Waals surface area contributed by atoms with Gasteiger partial charge in [0.25, 0.3) is 0 Å². The predicted octanol–water partition coefficient (Wildman–Crippen LogP) is 12.9. The maximum Gasteiger partial charge on any atom is 0.0758 e. The standard InChI is InChI=1S/C48H56N2/c1-10-35(4)41(47(6,7)42-31-33(2)21-23-36(42)5)28-26-37-24-25-38(27-30-45-48(8,9)43-32-34(3)22-29-44(43)49-45)46(37)50(39-17-13-11-14-18-39)40-19-15-12-16-20-40/h10-23,26-27,29-32,41,43-44H,24-25,28H2,1-9H3/b30-27+,35-10-,37-26+. The average molecular weight is 661 g/mol. The molecule has 3 aromatic carbocycles. The van der Waals surface area contributed by atoms with Crippen LogP contribution in [0.2, 0.25) is 0 Å². The number of benzene rings is 3. The van der Waals surface area contributed by atoms with Gasteiger partial charge in [-0.3, -0.25) is 4.99 Å². The van der Waals surface area contributed by atoms with Gasteiger partial charge in [0, 0.05) is 28.4 Å². The zero-order valence-corrected chi connectivity index (χ0v) is 31.8. The highest BCUT2D eigenvalue weighted by Gasteiger charge is 2.43. The molecule has 3 aromatic rings. The largest absolute Gasteiger partial charge is 0.310 e. The maximum atomic E-state index is 5.26. The van der Waals surface area contributed by atoms with Crippen molar-refractivity contribution >= 4 is 17.1 Å². The number of nitrogens with zero attached hydrogens (tertiary/aromatic N) is 2. The highest BCUT2D eigenvalue weighted by molar-refractivity contribution is 6.02. The molecular weight excluding hydrogens is 605 g/mol. The molecule has 50 heavy (non-hydrogen) atoms. The summed E-state index contributed by atoms with van der Waals surface area (Å²) in [6.45, 7) is 20.8. The van der Waals surface area contributed by atoms with Crippen molar-refractivity contribution in [3.63, 3.8) is 0 Å². The van der Waals surface area contributed by atoms with Gasteiger partial charge in [-0.2, -0.15) is 0 Å². The number of allylic oxidation sites excluding steroid dienone is 9. The summed E-state index contributed by atoms with van der Waals surface area (Å²) in [5.41, 5.74) is 14.5. The Balaban J connectivity index is 1.46. The Labute approximate surface area is 302 Å². The molecule has 258 valence electrons. The minimum atomic E-state index is -0.0300. The number of fused-ring (bicyclic) bond motifs is 1. The Morgan fingerprint density at radius 3 is 2.22 bits per heavy atom. The van der Waals surface area contributed by atoms with Crippen LogP contribution in [0.5, 0.6) is 0 Å². The van der Waals surface area contributed by atoms with Crippen LogP contribution < -0.4 is 4.90 Å². The summed E-state index contributed by atoms with van der Waals surface area (Å²) in [5.74, 6) is 0.766. The third-order valence-corrected chi connectivity index (χ3v) is 11.7. The molecule has 1 heterocycles. The van der Waals surface area contributed by atoms with E-state index >= 15 is 0 Å². The number of aryl methyl sites for hydroxylation is 2. The first-order chi connectivity index (χ1) is 23.9. The van der Waals surface area contributed by atoms with Crippen LogP contribution in [0.25, 0.3) is 0 Å². The van der Waals surface area contributed by atoms with Gasteiger partial charge in [0.2, 0.25) is 0 Å². The lowest BCUT2D eigenvalue weighted by molar-refractivity contribution is 0.364. The first kappa shape index (κ1) is 35.4. The summed E-state index contributed by atoms with van der Waals surface area (Å²) in [5, 5.41) is 0. The molecule has 2 nitrogen and oxygen atoms in total. The van der Waals surface area contributed by atoms with Gasteiger partial charge in [-0.15, -0.1) is 0 Å². The van der Waals surface area contributed by atoms with Crippen LogP contribution in [0.1, 0.15) is 84.4 Å². The van der Waals surface area contributed by atoms with Gasteiger partial charge in [0.15, 0.2) is 0 Å². The number of aliphatic imine (C=N–C) groups is 1. The van der Waals surface area contributed by atoms with Gasteiger partial charge in [-0.25, -0.2) is 0 Å². The Hall–Kier alpha value is -4.43. The molecule has 0 saturated carbocycles. The van der Waals surface area contributed by atoms with Crippen LogP contribution in [0, 0.1) is 31.1 Å².